The molecule has 5 heteroatoms. The lowest BCUT2D eigenvalue weighted by Crippen LogP contribution is -2.14. The highest BCUT2D eigenvalue weighted by molar-refractivity contribution is 6.05. The molecule has 0 bridgehead atoms. The van der Waals surface area contributed by atoms with Gasteiger partial charge in [-0.25, -0.2) is 4.79 Å². The number of rotatable bonds is 5. The first kappa shape index (κ1) is 12.8. The summed E-state index contributed by atoms with van der Waals surface area (Å²) in [6, 6.07) is 0. The third kappa shape index (κ3) is 2.60. The lowest BCUT2D eigenvalue weighted by Gasteiger charge is -2.02. The maximum atomic E-state index is 12.0. The molecule has 1 heterocycles. The van der Waals surface area contributed by atoms with E-state index in [1.165, 1.54) is 20.0 Å². The van der Waals surface area contributed by atoms with Crippen molar-refractivity contribution in [2.24, 2.45) is 11.8 Å². The zero-order valence-electron chi connectivity index (χ0n) is 11.0. The van der Waals surface area contributed by atoms with E-state index < -0.39 is 5.97 Å². The quantitative estimate of drug-likeness (QED) is 0.591. The SMILES string of the molecule is COC(=O)c1cn(CC2CC2)nc1C(=O)C(C)C. The van der Waals surface area contributed by atoms with Crippen molar-refractivity contribution in [3.8, 4) is 0 Å². The average molecular weight is 250 g/mol. The van der Waals surface area contributed by atoms with Crippen LogP contribution in [-0.2, 0) is 11.3 Å². The van der Waals surface area contributed by atoms with Gasteiger partial charge in [0.25, 0.3) is 0 Å². The molecule has 0 aromatic carbocycles. The number of esters is 1. The number of aromatic nitrogens is 2. The van der Waals surface area contributed by atoms with Gasteiger partial charge in [0, 0.05) is 18.7 Å². The van der Waals surface area contributed by atoms with Crippen LogP contribution in [0.5, 0.6) is 0 Å². The summed E-state index contributed by atoms with van der Waals surface area (Å²) >= 11 is 0. The van der Waals surface area contributed by atoms with E-state index >= 15 is 0 Å². The van der Waals surface area contributed by atoms with Gasteiger partial charge < -0.3 is 4.74 Å². The van der Waals surface area contributed by atoms with E-state index in [1.54, 1.807) is 24.7 Å². The summed E-state index contributed by atoms with van der Waals surface area (Å²) in [4.78, 5) is 23.7. The van der Waals surface area contributed by atoms with Crippen molar-refractivity contribution >= 4 is 11.8 Å². The third-order valence-corrected chi connectivity index (χ3v) is 3.07. The van der Waals surface area contributed by atoms with Gasteiger partial charge in [0.1, 0.15) is 11.3 Å². The van der Waals surface area contributed by atoms with Crippen LogP contribution in [0.1, 0.15) is 47.5 Å². The van der Waals surface area contributed by atoms with Crippen LogP contribution in [0.3, 0.4) is 0 Å². The van der Waals surface area contributed by atoms with Crippen LogP contribution in [0, 0.1) is 11.8 Å². The molecule has 0 spiro atoms. The van der Waals surface area contributed by atoms with E-state index in [-0.39, 0.29) is 23.0 Å². The van der Waals surface area contributed by atoms with Crippen LogP contribution >= 0.6 is 0 Å². The van der Waals surface area contributed by atoms with E-state index in [9.17, 15) is 9.59 Å². The predicted octanol–water partition coefficient (Wildman–Crippen LogP) is 1.92. The molecule has 18 heavy (non-hydrogen) atoms. The average Bonchev–Trinajstić information content (AvgIpc) is 3.05. The Balaban J connectivity index is 2.31. The molecule has 0 saturated heterocycles. The van der Waals surface area contributed by atoms with E-state index in [4.69, 9.17) is 4.74 Å². The molecular formula is C13H18N2O3. The highest BCUT2D eigenvalue weighted by Crippen LogP contribution is 2.30. The minimum atomic E-state index is -0.499. The third-order valence-electron chi connectivity index (χ3n) is 3.07. The van der Waals surface area contributed by atoms with Crippen LogP contribution in [0.15, 0.2) is 6.20 Å². The first-order valence-corrected chi connectivity index (χ1v) is 6.23. The summed E-state index contributed by atoms with van der Waals surface area (Å²) in [5.41, 5.74) is 0.509. The Morgan fingerprint density at radius 1 is 1.50 bits per heavy atom. The second kappa shape index (κ2) is 4.92. The molecule has 0 radical (unpaired) electrons. The summed E-state index contributed by atoms with van der Waals surface area (Å²) in [5, 5.41) is 4.25. The van der Waals surface area contributed by atoms with Gasteiger partial charge in [-0.05, 0) is 18.8 Å². The fraction of sp³-hybridized carbons (Fsp3) is 0.615. The number of hydrogen-bond donors (Lipinski definition) is 0. The van der Waals surface area contributed by atoms with E-state index in [0.717, 1.165) is 6.54 Å². The first-order valence-electron chi connectivity index (χ1n) is 6.23. The van der Waals surface area contributed by atoms with Gasteiger partial charge in [-0.3, -0.25) is 9.48 Å². The second-order valence-corrected chi connectivity index (χ2v) is 5.07. The molecular weight excluding hydrogens is 232 g/mol. The molecule has 0 unspecified atom stereocenters. The fourth-order valence-corrected chi connectivity index (χ4v) is 1.79. The molecule has 1 aliphatic rings. The zero-order valence-corrected chi connectivity index (χ0v) is 11.0. The van der Waals surface area contributed by atoms with Gasteiger partial charge in [0.05, 0.1) is 7.11 Å². The van der Waals surface area contributed by atoms with Crippen molar-refractivity contribution in [2.75, 3.05) is 7.11 Å². The number of carbonyl (C=O) groups excluding carboxylic acids is 2. The van der Waals surface area contributed by atoms with Gasteiger partial charge in [-0.15, -0.1) is 0 Å². The van der Waals surface area contributed by atoms with Crippen molar-refractivity contribution < 1.29 is 14.3 Å². The summed E-state index contributed by atoms with van der Waals surface area (Å²) in [5.74, 6) is -0.166. The number of hydrogen-bond acceptors (Lipinski definition) is 4. The molecule has 5 nitrogen and oxygen atoms in total. The van der Waals surface area contributed by atoms with E-state index in [0.29, 0.717) is 5.92 Å². The van der Waals surface area contributed by atoms with Crippen molar-refractivity contribution in [2.45, 2.75) is 33.2 Å². The van der Waals surface area contributed by atoms with Gasteiger partial charge in [-0.2, -0.15) is 5.10 Å². The van der Waals surface area contributed by atoms with Gasteiger partial charge in [0.2, 0.25) is 0 Å². The maximum absolute atomic E-state index is 12.0. The van der Waals surface area contributed by atoms with Crippen molar-refractivity contribution in [1.82, 2.24) is 9.78 Å². The van der Waals surface area contributed by atoms with E-state index in [1.807, 2.05) is 0 Å². The molecule has 0 aliphatic heterocycles. The summed E-state index contributed by atoms with van der Waals surface area (Å²) < 4.78 is 6.39. The minimum Gasteiger partial charge on any atom is -0.465 e. The zero-order chi connectivity index (χ0) is 13.3. The Morgan fingerprint density at radius 2 is 2.17 bits per heavy atom. The van der Waals surface area contributed by atoms with Crippen molar-refractivity contribution in [1.29, 1.82) is 0 Å². The standard InChI is InChI=1S/C13H18N2O3/c1-8(2)12(16)11-10(13(17)18-3)7-15(14-11)6-9-4-5-9/h7-9H,4-6H2,1-3H3. The number of ether oxygens (including phenoxy) is 1. The molecule has 2 rings (SSSR count). The fourth-order valence-electron chi connectivity index (χ4n) is 1.79. The Bertz CT molecular complexity index is 473. The topological polar surface area (TPSA) is 61.2 Å². The number of methoxy groups -OCH3 is 1. The monoisotopic (exact) mass is 250 g/mol. The van der Waals surface area contributed by atoms with Crippen molar-refractivity contribution in [3.63, 3.8) is 0 Å². The van der Waals surface area contributed by atoms with Crippen LogP contribution in [0.2, 0.25) is 0 Å². The second-order valence-electron chi connectivity index (χ2n) is 5.07. The Hall–Kier alpha value is -1.65. The molecule has 0 amide bonds. The normalized spacial score (nSPS) is 14.9. The van der Waals surface area contributed by atoms with Crippen LogP contribution in [0.4, 0.5) is 0 Å². The van der Waals surface area contributed by atoms with Gasteiger partial charge in [-0.1, -0.05) is 13.8 Å². The van der Waals surface area contributed by atoms with Crippen LogP contribution in [-0.4, -0.2) is 28.6 Å². The first-order chi connectivity index (χ1) is 8.52. The highest BCUT2D eigenvalue weighted by Gasteiger charge is 2.27. The largest absolute Gasteiger partial charge is 0.465 e. The van der Waals surface area contributed by atoms with Gasteiger partial charge >= 0.3 is 5.97 Å². The predicted molar refractivity (Wildman–Crippen MR) is 65.5 cm³/mol. The molecule has 1 saturated carbocycles. The van der Waals surface area contributed by atoms with Crippen molar-refractivity contribution in [3.05, 3.63) is 17.5 Å². The van der Waals surface area contributed by atoms with E-state index in [2.05, 4.69) is 5.10 Å². The molecule has 98 valence electrons. The summed E-state index contributed by atoms with van der Waals surface area (Å²) in [6.45, 7) is 4.36. The number of Topliss-reactive ketones (excluding diaryl/α,β-unsaturated/α-hetero) is 1. The molecule has 0 N–H and O–H groups in total. The number of ketones is 1. The molecule has 1 aromatic rings. The Morgan fingerprint density at radius 3 is 2.67 bits per heavy atom. The lowest BCUT2D eigenvalue weighted by molar-refractivity contribution is 0.0596. The smallest absolute Gasteiger partial charge is 0.341 e. The number of carbonyl (C=O) groups is 2. The Kier molecular flexibility index (Phi) is 3.50. The maximum Gasteiger partial charge on any atom is 0.341 e. The van der Waals surface area contributed by atoms with Gasteiger partial charge in [0.15, 0.2) is 5.78 Å². The molecule has 1 aromatic heterocycles. The summed E-state index contributed by atoms with van der Waals surface area (Å²) in [7, 11) is 1.31. The molecule has 1 fully saturated rings. The molecule has 0 atom stereocenters. The number of nitrogens with zero attached hydrogens (tertiary/aromatic N) is 2. The molecule has 1 aliphatic carbocycles. The van der Waals surface area contributed by atoms with Crippen LogP contribution < -0.4 is 0 Å². The van der Waals surface area contributed by atoms with Crippen LogP contribution in [0.25, 0.3) is 0 Å². The minimum absolute atomic E-state index is 0.120. The Labute approximate surface area is 106 Å². The highest BCUT2D eigenvalue weighted by atomic mass is 16.5. The lowest BCUT2D eigenvalue weighted by atomic mass is 10.0. The summed E-state index contributed by atoms with van der Waals surface area (Å²) in [6.07, 6.45) is 4.02.